The van der Waals surface area contributed by atoms with Gasteiger partial charge in [0.2, 0.25) is 0 Å². The van der Waals surface area contributed by atoms with E-state index in [0.29, 0.717) is 5.92 Å². The predicted octanol–water partition coefficient (Wildman–Crippen LogP) is 4.81. The third kappa shape index (κ3) is 6.97. The molecule has 0 aromatic carbocycles. The number of unbranched alkanes of at least 4 members (excludes halogenated alkanes) is 7. The molecule has 0 radical (unpaired) electrons. The molecule has 130 valence electrons. The lowest BCUT2D eigenvalue weighted by molar-refractivity contribution is -0.195. The van der Waals surface area contributed by atoms with E-state index < -0.39 is 0 Å². The van der Waals surface area contributed by atoms with Gasteiger partial charge in [-0.25, -0.2) is 0 Å². The first-order chi connectivity index (χ1) is 10.8. The summed E-state index contributed by atoms with van der Waals surface area (Å²) >= 11 is 0. The Kier molecular flexibility index (Phi) is 8.79. The van der Waals surface area contributed by atoms with E-state index in [1.165, 1.54) is 57.8 Å². The molecular weight excluding hydrogens is 276 g/mol. The first-order valence-corrected chi connectivity index (χ1v) is 9.76. The number of aliphatic hydroxyl groups is 1. The highest BCUT2D eigenvalue weighted by Gasteiger charge is 2.43. The van der Waals surface area contributed by atoms with Crippen molar-refractivity contribution < 1.29 is 14.6 Å². The Balaban J connectivity index is 1.55. The SMILES string of the molecule is CCCCCCCCCCC(OC1CCCCO1)C1CC1O. The molecule has 1 saturated carbocycles. The molecular formula is C19H36O3. The van der Waals surface area contributed by atoms with Gasteiger partial charge in [0.1, 0.15) is 0 Å². The third-order valence-electron chi connectivity index (χ3n) is 5.09. The minimum atomic E-state index is -0.123. The maximum atomic E-state index is 9.73. The Labute approximate surface area is 136 Å². The fraction of sp³-hybridized carbons (Fsp3) is 1.00. The van der Waals surface area contributed by atoms with Crippen LogP contribution in [0.2, 0.25) is 0 Å². The molecule has 1 saturated heterocycles. The molecule has 0 spiro atoms. The van der Waals surface area contributed by atoms with Gasteiger partial charge >= 0.3 is 0 Å². The Bertz CT molecular complexity index is 276. The Morgan fingerprint density at radius 1 is 1.05 bits per heavy atom. The lowest BCUT2D eigenvalue weighted by atomic mass is 10.0. The third-order valence-corrected chi connectivity index (χ3v) is 5.09. The van der Waals surface area contributed by atoms with Gasteiger partial charge in [-0.2, -0.15) is 0 Å². The molecule has 1 heterocycles. The Hall–Kier alpha value is -0.120. The van der Waals surface area contributed by atoms with Crippen molar-refractivity contribution >= 4 is 0 Å². The molecule has 2 rings (SSSR count). The van der Waals surface area contributed by atoms with E-state index >= 15 is 0 Å². The second kappa shape index (κ2) is 10.6. The van der Waals surface area contributed by atoms with Crippen LogP contribution < -0.4 is 0 Å². The van der Waals surface area contributed by atoms with Gasteiger partial charge in [0, 0.05) is 12.5 Å². The average molecular weight is 312 g/mol. The van der Waals surface area contributed by atoms with Gasteiger partial charge in [-0.05, 0) is 32.1 Å². The summed E-state index contributed by atoms with van der Waals surface area (Å²) in [6.45, 7) is 3.10. The average Bonchev–Trinajstić information content (AvgIpc) is 3.26. The van der Waals surface area contributed by atoms with Crippen LogP contribution in [0.5, 0.6) is 0 Å². The van der Waals surface area contributed by atoms with Crippen molar-refractivity contribution in [1.29, 1.82) is 0 Å². The summed E-state index contributed by atoms with van der Waals surface area (Å²) in [5.74, 6) is 0.370. The van der Waals surface area contributed by atoms with Crippen LogP contribution in [0.3, 0.4) is 0 Å². The fourth-order valence-corrected chi connectivity index (χ4v) is 3.48. The summed E-state index contributed by atoms with van der Waals surface area (Å²) in [5, 5.41) is 9.73. The van der Waals surface area contributed by atoms with Gasteiger partial charge in [-0.3, -0.25) is 0 Å². The second-order valence-corrected chi connectivity index (χ2v) is 7.20. The molecule has 2 fully saturated rings. The van der Waals surface area contributed by atoms with Crippen LogP contribution in [0.15, 0.2) is 0 Å². The highest BCUT2D eigenvalue weighted by atomic mass is 16.7. The molecule has 22 heavy (non-hydrogen) atoms. The van der Waals surface area contributed by atoms with Gasteiger partial charge < -0.3 is 14.6 Å². The van der Waals surface area contributed by atoms with Crippen LogP contribution in [0.4, 0.5) is 0 Å². The van der Waals surface area contributed by atoms with Gasteiger partial charge in [0.25, 0.3) is 0 Å². The normalized spacial score (nSPS) is 29.5. The van der Waals surface area contributed by atoms with Crippen molar-refractivity contribution in [3.8, 4) is 0 Å². The zero-order valence-electron chi connectivity index (χ0n) is 14.5. The van der Waals surface area contributed by atoms with E-state index in [1.54, 1.807) is 0 Å². The Morgan fingerprint density at radius 2 is 1.73 bits per heavy atom. The molecule has 4 atom stereocenters. The van der Waals surface area contributed by atoms with Gasteiger partial charge in [0.05, 0.1) is 12.2 Å². The number of hydrogen-bond donors (Lipinski definition) is 1. The van der Waals surface area contributed by atoms with Crippen LogP contribution in [0, 0.1) is 5.92 Å². The molecule has 1 aliphatic carbocycles. The second-order valence-electron chi connectivity index (χ2n) is 7.20. The highest BCUT2D eigenvalue weighted by Crippen LogP contribution is 2.38. The molecule has 2 aliphatic rings. The van der Waals surface area contributed by atoms with Crippen LogP contribution in [0.1, 0.15) is 90.4 Å². The van der Waals surface area contributed by atoms with Crippen molar-refractivity contribution in [2.75, 3.05) is 6.61 Å². The lowest BCUT2D eigenvalue weighted by Crippen LogP contribution is -2.29. The number of hydrogen-bond acceptors (Lipinski definition) is 3. The van der Waals surface area contributed by atoms with Crippen LogP contribution >= 0.6 is 0 Å². The predicted molar refractivity (Wildman–Crippen MR) is 89.8 cm³/mol. The van der Waals surface area contributed by atoms with Crippen molar-refractivity contribution in [1.82, 2.24) is 0 Å². The van der Waals surface area contributed by atoms with Crippen LogP contribution in [-0.2, 0) is 9.47 Å². The maximum absolute atomic E-state index is 9.73. The minimum Gasteiger partial charge on any atom is -0.393 e. The van der Waals surface area contributed by atoms with Crippen molar-refractivity contribution in [2.45, 2.75) is 109 Å². The minimum absolute atomic E-state index is 0.0133. The summed E-state index contributed by atoms with van der Waals surface area (Å²) in [6.07, 6.45) is 16.3. The molecule has 4 unspecified atom stereocenters. The number of ether oxygens (including phenoxy) is 2. The van der Waals surface area contributed by atoms with Crippen LogP contribution in [-0.4, -0.2) is 30.2 Å². The molecule has 3 heteroatoms. The summed E-state index contributed by atoms with van der Waals surface area (Å²) < 4.78 is 11.9. The van der Waals surface area contributed by atoms with E-state index in [0.717, 1.165) is 32.3 Å². The topological polar surface area (TPSA) is 38.7 Å². The summed E-state index contributed by atoms with van der Waals surface area (Å²) in [5.41, 5.74) is 0. The molecule has 3 nitrogen and oxygen atoms in total. The van der Waals surface area contributed by atoms with E-state index in [-0.39, 0.29) is 18.5 Å². The quantitative estimate of drug-likeness (QED) is 0.526. The maximum Gasteiger partial charge on any atom is 0.157 e. The van der Waals surface area contributed by atoms with E-state index in [9.17, 15) is 5.11 Å². The molecule has 1 aliphatic heterocycles. The lowest BCUT2D eigenvalue weighted by Gasteiger charge is -2.28. The monoisotopic (exact) mass is 312 g/mol. The van der Waals surface area contributed by atoms with Gasteiger partial charge in [0.15, 0.2) is 6.29 Å². The summed E-state index contributed by atoms with van der Waals surface area (Å²) in [4.78, 5) is 0. The summed E-state index contributed by atoms with van der Waals surface area (Å²) in [6, 6.07) is 0. The Morgan fingerprint density at radius 3 is 2.32 bits per heavy atom. The van der Waals surface area contributed by atoms with Crippen molar-refractivity contribution in [2.24, 2.45) is 5.92 Å². The van der Waals surface area contributed by atoms with Crippen LogP contribution in [0.25, 0.3) is 0 Å². The molecule has 1 N–H and O–H groups in total. The summed E-state index contributed by atoms with van der Waals surface area (Å²) in [7, 11) is 0. The van der Waals surface area contributed by atoms with E-state index in [4.69, 9.17) is 9.47 Å². The zero-order valence-corrected chi connectivity index (χ0v) is 14.5. The van der Waals surface area contributed by atoms with Crippen molar-refractivity contribution in [3.63, 3.8) is 0 Å². The highest BCUT2D eigenvalue weighted by molar-refractivity contribution is 4.92. The number of aliphatic hydroxyl groups excluding tert-OH is 1. The van der Waals surface area contributed by atoms with E-state index in [2.05, 4.69) is 6.92 Å². The zero-order chi connectivity index (χ0) is 15.6. The van der Waals surface area contributed by atoms with E-state index in [1.807, 2.05) is 0 Å². The molecule has 0 bridgehead atoms. The molecule has 0 amide bonds. The first-order valence-electron chi connectivity index (χ1n) is 9.76. The smallest absolute Gasteiger partial charge is 0.157 e. The fourth-order valence-electron chi connectivity index (χ4n) is 3.48. The largest absolute Gasteiger partial charge is 0.393 e. The van der Waals surface area contributed by atoms with Gasteiger partial charge in [-0.15, -0.1) is 0 Å². The molecule has 0 aromatic heterocycles. The molecule has 0 aromatic rings. The van der Waals surface area contributed by atoms with Gasteiger partial charge in [-0.1, -0.05) is 58.3 Å². The number of rotatable bonds is 12. The standard InChI is InChI=1S/C19H36O3/c1-2-3-4-5-6-7-8-9-12-18(16-15-17(16)20)22-19-13-10-11-14-21-19/h16-20H,2-15H2,1H3. The first kappa shape index (κ1) is 18.2. The van der Waals surface area contributed by atoms with Crippen molar-refractivity contribution in [3.05, 3.63) is 0 Å².